The number of nitrogens with one attached hydrogen (secondary N) is 1. The molecule has 0 aliphatic heterocycles. The van der Waals surface area contributed by atoms with Crippen LogP contribution in [-0.2, 0) is 11.2 Å². The first-order chi connectivity index (χ1) is 14.0. The Labute approximate surface area is 165 Å². The number of carbonyl (C=O) groups excluding carboxylic acids is 2. The monoisotopic (exact) mass is 398 g/mol. The molecular weight excluding hydrogens is 380 g/mol. The molecule has 0 atom stereocenters. The van der Waals surface area contributed by atoms with Crippen LogP contribution in [0.15, 0.2) is 54.6 Å². The van der Waals surface area contributed by atoms with Crippen molar-refractivity contribution in [3.05, 3.63) is 60.2 Å². The molecular formula is C20H18N2O7. The van der Waals surface area contributed by atoms with E-state index in [0.29, 0.717) is 16.5 Å². The minimum atomic E-state index is -1.32. The topological polar surface area (TPSA) is 116 Å². The summed E-state index contributed by atoms with van der Waals surface area (Å²) in [5.74, 6) is 0.0655. The number of rotatable bonds is 5. The second kappa shape index (κ2) is 8.79. The van der Waals surface area contributed by atoms with Gasteiger partial charge in [-0.1, -0.05) is 36.4 Å². The van der Waals surface area contributed by atoms with Gasteiger partial charge in [0.1, 0.15) is 5.75 Å². The van der Waals surface area contributed by atoms with Gasteiger partial charge in [-0.2, -0.15) is 0 Å². The summed E-state index contributed by atoms with van der Waals surface area (Å²) >= 11 is 0. The number of hydrogen-bond donors (Lipinski definition) is 2. The Morgan fingerprint density at radius 2 is 1.69 bits per heavy atom. The molecule has 29 heavy (non-hydrogen) atoms. The van der Waals surface area contributed by atoms with Gasteiger partial charge in [-0.25, -0.2) is 19.0 Å². The van der Waals surface area contributed by atoms with E-state index in [1.807, 2.05) is 0 Å². The molecule has 0 radical (unpaired) electrons. The van der Waals surface area contributed by atoms with Crippen molar-refractivity contribution in [3.8, 4) is 11.6 Å². The van der Waals surface area contributed by atoms with Crippen molar-refractivity contribution >= 4 is 29.2 Å². The van der Waals surface area contributed by atoms with Gasteiger partial charge in [0.05, 0.1) is 12.6 Å². The Balaban J connectivity index is 1.95. The largest absolute Gasteiger partial charge is 0.520 e. The zero-order chi connectivity index (χ0) is 20.8. The van der Waals surface area contributed by atoms with Gasteiger partial charge in [0.25, 0.3) is 0 Å². The number of carboxylic acid groups (broad SMARTS) is 1. The van der Waals surface area contributed by atoms with E-state index in [4.69, 9.17) is 9.47 Å². The zero-order valence-electron chi connectivity index (χ0n) is 15.5. The molecule has 1 heterocycles. The van der Waals surface area contributed by atoms with Crippen LogP contribution in [0.4, 0.5) is 14.4 Å². The summed E-state index contributed by atoms with van der Waals surface area (Å²) in [5.41, 5.74) is 0.778. The highest BCUT2D eigenvalue weighted by molar-refractivity contribution is 5.95. The molecule has 0 spiro atoms. The third kappa shape index (κ3) is 4.46. The van der Waals surface area contributed by atoms with Crippen LogP contribution >= 0.6 is 0 Å². The maximum absolute atomic E-state index is 12.3. The van der Waals surface area contributed by atoms with Crippen LogP contribution < -0.4 is 14.8 Å². The fourth-order valence-corrected chi connectivity index (χ4v) is 2.87. The lowest BCUT2D eigenvalue weighted by Crippen LogP contribution is -2.25. The number of alkyl carbamates (subject to hydrolysis) is 1. The lowest BCUT2D eigenvalue weighted by molar-refractivity contribution is 0.146. The van der Waals surface area contributed by atoms with E-state index in [-0.39, 0.29) is 24.6 Å². The second-order valence-corrected chi connectivity index (χ2v) is 5.85. The Hall–Kier alpha value is -4.01. The fourth-order valence-electron chi connectivity index (χ4n) is 2.87. The van der Waals surface area contributed by atoms with Gasteiger partial charge < -0.3 is 24.6 Å². The second-order valence-electron chi connectivity index (χ2n) is 5.85. The average Bonchev–Trinajstić information content (AvgIpc) is 3.01. The normalized spacial score (nSPS) is 10.4. The summed E-state index contributed by atoms with van der Waals surface area (Å²) in [5, 5.41) is 12.8. The molecule has 0 bridgehead atoms. The summed E-state index contributed by atoms with van der Waals surface area (Å²) in [6.45, 7) is 0.143. The quantitative estimate of drug-likeness (QED) is 0.498. The van der Waals surface area contributed by atoms with Gasteiger partial charge in [-0.3, -0.25) is 0 Å². The molecule has 0 aliphatic carbocycles. The lowest BCUT2D eigenvalue weighted by Gasteiger charge is -2.10. The third-order valence-electron chi connectivity index (χ3n) is 4.08. The Kier molecular flexibility index (Phi) is 5.98. The first-order valence-electron chi connectivity index (χ1n) is 8.63. The minimum absolute atomic E-state index is 0.143. The van der Waals surface area contributed by atoms with Crippen molar-refractivity contribution in [2.45, 2.75) is 6.42 Å². The third-order valence-corrected chi connectivity index (χ3v) is 4.08. The molecule has 0 saturated heterocycles. The Morgan fingerprint density at radius 1 is 1.00 bits per heavy atom. The van der Waals surface area contributed by atoms with Crippen molar-refractivity contribution in [1.82, 2.24) is 9.88 Å². The molecule has 9 nitrogen and oxygen atoms in total. The van der Waals surface area contributed by atoms with E-state index in [0.717, 1.165) is 4.57 Å². The number of benzene rings is 2. The highest BCUT2D eigenvalue weighted by Gasteiger charge is 2.25. The Bertz CT molecular complexity index is 1040. The first-order valence-corrected chi connectivity index (χ1v) is 8.63. The summed E-state index contributed by atoms with van der Waals surface area (Å²) in [6, 6.07) is 15.0. The highest BCUT2D eigenvalue weighted by atomic mass is 16.7. The molecule has 0 saturated carbocycles. The Morgan fingerprint density at radius 3 is 2.38 bits per heavy atom. The predicted octanol–water partition coefficient (Wildman–Crippen LogP) is 3.64. The number of methoxy groups -OCH3 is 1. The van der Waals surface area contributed by atoms with E-state index >= 15 is 0 Å². The molecule has 9 heteroatoms. The van der Waals surface area contributed by atoms with Gasteiger partial charge in [0, 0.05) is 17.5 Å². The van der Waals surface area contributed by atoms with Gasteiger partial charge in [0.15, 0.2) is 0 Å². The molecule has 3 aromatic rings. The van der Waals surface area contributed by atoms with Gasteiger partial charge >= 0.3 is 18.3 Å². The summed E-state index contributed by atoms with van der Waals surface area (Å²) in [6.07, 6.45) is -2.83. The van der Waals surface area contributed by atoms with Crippen molar-refractivity contribution in [2.24, 2.45) is 0 Å². The van der Waals surface area contributed by atoms with Gasteiger partial charge in [0.2, 0.25) is 5.88 Å². The van der Waals surface area contributed by atoms with Crippen LogP contribution in [0.2, 0.25) is 0 Å². The molecule has 2 N–H and O–H groups in total. The van der Waals surface area contributed by atoms with Crippen molar-refractivity contribution in [2.75, 3.05) is 13.7 Å². The van der Waals surface area contributed by atoms with Crippen LogP contribution in [0.25, 0.3) is 10.9 Å². The number of nitrogens with zero attached hydrogens (tertiary/aromatic N) is 1. The zero-order valence-corrected chi connectivity index (χ0v) is 15.5. The summed E-state index contributed by atoms with van der Waals surface area (Å²) < 4.78 is 15.8. The number of ether oxygens (including phenoxy) is 3. The first kappa shape index (κ1) is 19.7. The van der Waals surface area contributed by atoms with Gasteiger partial charge in [-0.15, -0.1) is 0 Å². The number of para-hydroxylation sites is 2. The van der Waals surface area contributed by atoms with Crippen LogP contribution in [0, 0.1) is 0 Å². The smallest absolute Gasteiger partial charge is 0.464 e. The molecule has 2 aromatic carbocycles. The number of carbonyl (C=O) groups is 3. The number of fused-ring (bicyclic) bond motifs is 1. The van der Waals surface area contributed by atoms with Crippen LogP contribution in [-0.4, -0.2) is 41.7 Å². The molecule has 0 aliphatic rings. The van der Waals surface area contributed by atoms with E-state index in [9.17, 15) is 19.5 Å². The van der Waals surface area contributed by atoms with Crippen LogP contribution in [0.5, 0.6) is 11.6 Å². The van der Waals surface area contributed by atoms with E-state index in [1.165, 1.54) is 7.11 Å². The van der Waals surface area contributed by atoms with Crippen molar-refractivity contribution in [3.63, 3.8) is 0 Å². The maximum Gasteiger partial charge on any atom is 0.520 e. The molecule has 3 rings (SSSR count). The molecule has 0 unspecified atom stereocenters. The van der Waals surface area contributed by atoms with Crippen molar-refractivity contribution in [1.29, 1.82) is 0 Å². The maximum atomic E-state index is 12.3. The lowest BCUT2D eigenvalue weighted by atomic mass is 10.1. The van der Waals surface area contributed by atoms with E-state index in [2.05, 4.69) is 10.1 Å². The SMILES string of the molecule is COC(=O)NCCc1c(OC(=O)Oc2ccccc2)n(C(=O)O)c2ccccc12. The number of hydrogen-bond acceptors (Lipinski definition) is 6. The molecule has 150 valence electrons. The average molecular weight is 398 g/mol. The summed E-state index contributed by atoms with van der Waals surface area (Å²) in [7, 11) is 1.24. The highest BCUT2D eigenvalue weighted by Crippen LogP contribution is 2.33. The predicted molar refractivity (Wildman–Crippen MR) is 103 cm³/mol. The van der Waals surface area contributed by atoms with Crippen LogP contribution in [0.3, 0.4) is 0 Å². The fraction of sp³-hybridized carbons (Fsp3) is 0.150. The van der Waals surface area contributed by atoms with Crippen molar-refractivity contribution < 1.29 is 33.7 Å². The van der Waals surface area contributed by atoms with Crippen LogP contribution in [0.1, 0.15) is 5.56 Å². The molecule has 1 aromatic heterocycles. The number of amides is 1. The minimum Gasteiger partial charge on any atom is -0.464 e. The summed E-state index contributed by atoms with van der Waals surface area (Å²) in [4.78, 5) is 35.4. The molecule has 1 amide bonds. The van der Waals surface area contributed by atoms with Gasteiger partial charge in [-0.05, 0) is 24.6 Å². The molecule has 0 fully saturated rings. The number of aromatic nitrogens is 1. The van der Waals surface area contributed by atoms with E-state index < -0.39 is 18.3 Å². The van der Waals surface area contributed by atoms with E-state index in [1.54, 1.807) is 54.6 Å². The standard InChI is InChI=1S/C20H18N2O7/c1-27-18(23)21-12-11-15-14-9-5-6-10-16(14)22(19(24)25)17(15)29-20(26)28-13-7-3-2-4-8-13/h2-10H,11-12H2,1H3,(H,21,23)(H,24,25).